The van der Waals surface area contributed by atoms with Crippen molar-refractivity contribution in [1.29, 1.82) is 0 Å². The highest BCUT2D eigenvalue weighted by molar-refractivity contribution is 5.81. The lowest BCUT2D eigenvalue weighted by Crippen LogP contribution is -2.45. The molecule has 1 N–H and O–H groups in total. The van der Waals surface area contributed by atoms with Gasteiger partial charge in [0.05, 0.1) is 0 Å². The number of halogens is 1. The first-order chi connectivity index (χ1) is 10.1. The fourth-order valence-corrected chi connectivity index (χ4v) is 3.08. The lowest BCUT2D eigenvalue weighted by molar-refractivity contribution is -0.133. The summed E-state index contributed by atoms with van der Waals surface area (Å²) >= 11 is 0. The molecular formula is C17H23FN2O. The normalized spacial score (nSPS) is 21.3. The van der Waals surface area contributed by atoms with E-state index in [0.717, 1.165) is 44.3 Å². The smallest absolute Gasteiger partial charge is 0.225 e. The van der Waals surface area contributed by atoms with Gasteiger partial charge in [-0.3, -0.25) is 4.79 Å². The number of nitrogens with one attached hydrogen (secondary N) is 1. The van der Waals surface area contributed by atoms with Crippen LogP contribution in [0.5, 0.6) is 0 Å². The Hall–Kier alpha value is -1.42. The van der Waals surface area contributed by atoms with Gasteiger partial charge in [0.15, 0.2) is 0 Å². The Morgan fingerprint density at radius 1 is 1.29 bits per heavy atom. The Morgan fingerprint density at radius 2 is 2.00 bits per heavy atom. The monoisotopic (exact) mass is 290 g/mol. The van der Waals surface area contributed by atoms with Crippen molar-refractivity contribution in [3.63, 3.8) is 0 Å². The maximum atomic E-state index is 13.3. The molecule has 114 valence electrons. The van der Waals surface area contributed by atoms with Crippen molar-refractivity contribution in [1.82, 2.24) is 10.2 Å². The molecule has 21 heavy (non-hydrogen) atoms. The van der Waals surface area contributed by atoms with Crippen LogP contribution < -0.4 is 5.32 Å². The molecule has 1 heterocycles. The van der Waals surface area contributed by atoms with Gasteiger partial charge < -0.3 is 10.2 Å². The number of rotatable bonds is 4. The molecule has 4 heteroatoms. The molecule has 1 aliphatic heterocycles. The van der Waals surface area contributed by atoms with Crippen molar-refractivity contribution >= 4 is 5.91 Å². The van der Waals surface area contributed by atoms with E-state index in [1.54, 1.807) is 12.1 Å². The fraction of sp³-hybridized carbons (Fsp3) is 0.588. The molecule has 1 aromatic rings. The predicted octanol–water partition coefficient (Wildman–Crippen LogP) is 2.88. The van der Waals surface area contributed by atoms with Gasteiger partial charge in [-0.15, -0.1) is 0 Å². The topological polar surface area (TPSA) is 32.3 Å². The number of hydrogen-bond acceptors (Lipinski definition) is 2. The highest BCUT2D eigenvalue weighted by atomic mass is 19.1. The van der Waals surface area contributed by atoms with Crippen LogP contribution >= 0.6 is 0 Å². The molecule has 1 aromatic carbocycles. The molecule has 1 saturated heterocycles. The molecule has 1 aliphatic carbocycles. The summed E-state index contributed by atoms with van der Waals surface area (Å²) in [5.41, 5.74) is 0.978. The van der Waals surface area contributed by atoms with Gasteiger partial charge in [0.2, 0.25) is 5.91 Å². The van der Waals surface area contributed by atoms with Crippen molar-refractivity contribution in [2.75, 3.05) is 13.1 Å². The predicted molar refractivity (Wildman–Crippen MR) is 80.3 cm³/mol. The third-order valence-corrected chi connectivity index (χ3v) is 4.57. The van der Waals surface area contributed by atoms with E-state index in [0.29, 0.717) is 17.9 Å². The van der Waals surface area contributed by atoms with Crippen LogP contribution in [0.4, 0.5) is 4.39 Å². The largest absolute Gasteiger partial charge is 0.342 e. The lowest BCUT2D eigenvalue weighted by atomic mass is 10.0. The van der Waals surface area contributed by atoms with Gasteiger partial charge in [-0.1, -0.05) is 12.1 Å². The molecule has 1 unspecified atom stereocenters. The summed E-state index contributed by atoms with van der Waals surface area (Å²) in [6, 6.07) is 7.30. The van der Waals surface area contributed by atoms with Gasteiger partial charge in [0.1, 0.15) is 5.82 Å². The summed E-state index contributed by atoms with van der Waals surface area (Å²) in [5.74, 6) is 0.485. The first-order valence-corrected chi connectivity index (χ1v) is 7.94. The van der Waals surface area contributed by atoms with E-state index in [4.69, 9.17) is 0 Å². The first-order valence-electron chi connectivity index (χ1n) is 7.94. The van der Waals surface area contributed by atoms with E-state index in [2.05, 4.69) is 12.2 Å². The van der Waals surface area contributed by atoms with Crippen molar-refractivity contribution in [2.45, 2.75) is 44.7 Å². The van der Waals surface area contributed by atoms with E-state index < -0.39 is 0 Å². The summed E-state index contributed by atoms with van der Waals surface area (Å²) in [7, 11) is 0. The maximum absolute atomic E-state index is 13.3. The zero-order valence-electron chi connectivity index (χ0n) is 12.5. The molecule has 0 aromatic heterocycles. The van der Waals surface area contributed by atoms with Gasteiger partial charge in [0.25, 0.3) is 0 Å². The summed E-state index contributed by atoms with van der Waals surface area (Å²) in [4.78, 5) is 14.0. The average molecular weight is 290 g/mol. The van der Waals surface area contributed by atoms with Gasteiger partial charge >= 0.3 is 0 Å². The average Bonchev–Trinajstić information content (AvgIpc) is 3.32. The molecule has 2 aliphatic rings. The number of carbonyl (C=O) groups excluding carboxylic acids is 1. The Balaban J connectivity index is 1.49. The molecule has 1 saturated carbocycles. The van der Waals surface area contributed by atoms with Crippen molar-refractivity contribution in [3.8, 4) is 0 Å². The third kappa shape index (κ3) is 3.62. The quantitative estimate of drug-likeness (QED) is 0.925. The number of piperidine rings is 1. The fourth-order valence-electron chi connectivity index (χ4n) is 3.08. The van der Waals surface area contributed by atoms with E-state index in [1.807, 2.05) is 11.0 Å². The van der Waals surface area contributed by atoms with Crippen LogP contribution in [0.3, 0.4) is 0 Å². The van der Waals surface area contributed by atoms with Crippen LogP contribution in [0, 0.1) is 11.7 Å². The van der Waals surface area contributed by atoms with Crippen molar-refractivity contribution in [3.05, 3.63) is 35.6 Å². The van der Waals surface area contributed by atoms with Crippen molar-refractivity contribution < 1.29 is 9.18 Å². The SMILES string of the molecule is CC(NC1CCN(C(=O)C2CC2)CC1)c1cccc(F)c1. The minimum Gasteiger partial charge on any atom is -0.342 e. The third-order valence-electron chi connectivity index (χ3n) is 4.57. The van der Waals surface area contributed by atoms with E-state index in [1.165, 1.54) is 6.07 Å². The van der Waals surface area contributed by atoms with Crippen LogP contribution in [0.2, 0.25) is 0 Å². The van der Waals surface area contributed by atoms with Crippen LogP contribution in [-0.2, 0) is 4.79 Å². The number of hydrogen-bond donors (Lipinski definition) is 1. The zero-order chi connectivity index (χ0) is 14.8. The van der Waals surface area contributed by atoms with E-state index in [-0.39, 0.29) is 11.9 Å². The van der Waals surface area contributed by atoms with Crippen LogP contribution in [0.25, 0.3) is 0 Å². The minimum absolute atomic E-state index is 0.136. The van der Waals surface area contributed by atoms with Gasteiger partial charge in [-0.2, -0.15) is 0 Å². The molecule has 2 fully saturated rings. The molecule has 3 rings (SSSR count). The highest BCUT2D eigenvalue weighted by Gasteiger charge is 2.34. The van der Waals surface area contributed by atoms with Gasteiger partial charge in [-0.05, 0) is 50.3 Å². The maximum Gasteiger partial charge on any atom is 0.225 e. The molecule has 0 spiro atoms. The minimum atomic E-state index is -0.189. The highest BCUT2D eigenvalue weighted by Crippen LogP contribution is 2.32. The number of likely N-dealkylation sites (tertiary alicyclic amines) is 1. The lowest BCUT2D eigenvalue weighted by Gasteiger charge is -2.34. The molecule has 3 nitrogen and oxygen atoms in total. The number of nitrogens with zero attached hydrogens (tertiary/aromatic N) is 1. The standard InChI is InChI=1S/C17H23FN2O/c1-12(14-3-2-4-15(18)11-14)19-16-7-9-20(10-8-16)17(21)13-5-6-13/h2-4,11-13,16,19H,5-10H2,1H3. The number of carbonyl (C=O) groups is 1. The van der Waals surface area contributed by atoms with Crippen LogP contribution in [-0.4, -0.2) is 29.9 Å². The second-order valence-corrected chi connectivity index (χ2v) is 6.32. The molecule has 1 amide bonds. The van der Waals surface area contributed by atoms with E-state index >= 15 is 0 Å². The zero-order valence-corrected chi connectivity index (χ0v) is 12.5. The van der Waals surface area contributed by atoms with Gasteiger partial charge in [0, 0.05) is 31.1 Å². The molecule has 0 bridgehead atoms. The molecule has 0 radical (unpaired) electrons. The molecular weight excluding hydrogens is 267 g/mol. The van der Waals surface area contributed by atoms with Crippen LogP contribution in [0.1, 0.15) is 44.2 Å². The Kier molecular flexibility index (Phi) is 4.24. The first kappa shape index (κ1) is 14.5. The summed E-state index contributed by atoms with van der Waals surface area (Å²) in [6.45, 7) is 3.77. The second-order valence-electron chi connectivity index (χ2n) is 6.32. The number of amides is 1. The van der Waals surface area contributed by atoms with Gasteiger partial charge in [-0.25, -0.2) is 4.39 Å². The number of benzene rings is 1. The molecule has 1 atom stereocenters. The Bertz CT molecular complexity index is 507. The summed E-state index contributed by atoms with van der Waals surface area (Å²) in [5, 5.41) is 3.56. The Labute approximate surface area is 125 Å². The Morgan fingerprint density at radius 3 is 2.62 bits per heavy atom. The summed E-state index contributed by atoms with van der Waals surface area (Å²) in [6.07, 6.45) is 4.12. The van der Waals surface area contributed by atoms with Crippen LogP contribution in [0.15, 0.2) is 24.3 Å². The second kappa shape index (κ2) is 6.14. The van der Waals surface area contributed by atoms with Crippen molar-refractivity contribution in [2.24, 2.45) is 5.92 Å². The van der Waals surface area contributed by atoms with E-state index in [9.17, 15) is 9.18 Å². The summed E-state index contributed by atoms with van der Waals surface area (Å²) < 4.78 is 13.3.